The summed E-state index contributed by atoms with van der Waals surface area (Å²) in [6.07, 6.45) is 2.47. The Kier molecular flexibility index (Phi) is 5.23. The average Bonchev–Trinajstić information content (AvgIpc) is 2.30. The van der Waals surface area contributed by atoms with Crippen molar-refractivity contribution >= 4 is 12.4 Å². The molecular weight excluding hydrogens is 225 g/mol. The van der Waals surface area contributed by atoms with Crippen molar-refractivity contribution in [3.8, 4) is 0 Å². The topological polar surface area (TPSA) is 12.0 Å². The second-order valence-electron chi connectivity index (χ2n) is 4.43. The van der Waals surface area contributed by atoms with Gasteiger partial charge in [-0.25, -0.2) is 4.39 Å². The fraction of sp³-hybridized carbons (Fsp3) is 0.538. The van der Waals surface area contributed by atoms with Gasteiger partial charge >= 0.3 is 0 Å². The normalized spacial score (nSPS) is 18.9. The third kappa shape index (κ3) is 3.19. The highest BCUT2D eigenvalue weighted by atomic mass is 35.5. The van der Waals surface area contributed by atoms with Gasteiger partial charge in [0.1, 0.15) is 5.82 Å². The van der Waals surface area contributed by atoms with E-state index in [1.165, 1.54) is 18.4 Å². The minimum Gasteiger partial charge on any atom is -0.317 e. The number of halogens is 2. The number of hydrogen-bond donors (Lipinski definition) is 1. The van der Waals surface area contributed by atoms with Crippen molar-refractivity contribution < 1.29 is 4.39 Å². The van der Waals surface area contributed by atoms with E-state index in [2.05, 4.69) is 12.2 Å². The lowest BCUT2D eigenvalue weighted by Gasteiger charge is -2.28. The molecule has 1 aromatic rings. The Morgan fingerprint density at radius 3 is 2.31 bits per heavy atom. The highest BCUT2D eigenvalue weighted by molar-refractivity contribution is 5.85. The van der Waals surface area contributed by atoms with E-state index in [0.717, 1.165) is 19.0 Å². The SMILES string of the molecule is CC(c1ccc(F)cc1)C1CCNCC1.Cl. The van der Waals surface area contributed by atoms with Gasteiger partial charge in [0.05, 0.1) is 0 Å². The van der Waals surface area contributed by atoms with Crippen LogP contribution < -0.4 is 5.32 Å². The van der Waals surface area contributed by atoms with Gasteiger partial charge in [0.15, 0.2) is 0 Å². The number of piperidine rings is 1. The van der Waals surface area contributed by atoms with Crippen molar-refractivity contribution in [1.29, 1.82) is 0 Å². The monoisotopic (exact) mass is 243 g/mol. The second-order valence-corrected chi connectivity index (χ2v) is 4.43. The molecule has 2 rings (SSSR count). The molecule has 0 amide bonds. The largest absolute Gasteiger partial charge is 0.317 e. The molecule has 0 radical (unpaired) electrons. The van der Waals surface area contributed by atoms with Crippen LogP contribution in [0.5, 0.6) is 0 Å². The first kappa shape index (κ1) is 13.5. The smallest absolute Gasteiger partial charge is 0.123 e. The van der Waals surface area contributed by atoms with E-state index in [0.29, 0.717) is 5.92 Å². The molecule has 90 valence electrons. The van der Waals surface area contributed by atoms with Crippen molar-refractivity contribution in [1.82, 2.24) is 5.32 Å². The van der Waals surface area contributed by atoms with Crippen LogP contribution in [0, 0.1) is 11.7 Å². The number of rotatable bonds is 2. The number of hydrogen-bond acceptors (Lipinski definition) is 1. The van der Waals surface area contributed by atoms with E-state index < -0.39 is 0 Å². The molecule has 1 aliphatic rings. The lowest BCUT2D eigenvalue weighted by molar-refractivity contribution is 0.330. The molecule has 16 heavy (non-hydrogen) atoms. The standard InChI is InChI=1S/C13H18FN.ClH/c1-10(12-6-8-15-9-7-12)11-2-4-13(14)5-3-11;/h2-5,10,12,15H,6-9H2,1H3;1H. The summed E-state index contributed by atoms with van der Waals surface area (Å²) < 4.78 is 12.8. The number of nitrogens with one attached hydrogen (secondary N) is 1. The summed E-state index contributed by atoms with van der Waals surface area (Å²) >= 11 is 0. The second kappa shape index (κ2) is 6.21. The van der Waals surface area contributed by atoms with E-state index >= 15 is 0 Å². The molecule has 3 heteroatoms. The summed E-state index contributed by atoms with van der Waals surface area (Å²) in [5, 5.41) is 3.37. The van der Waals surface area contributed by atoms with Gasteiger partial charge in [0.2, 0.25) is 0 Å². The van der Waals surface area contributed by atoms with Crippen molar-refractivity contribution in [2.75, 3.05) is 13.1 Å². The Morgan fingerprint density at radius 1 is 1.19 bits per heavy atom. The summed E-state index contributed by atoms with van der Waals surface area (Å²) in [5.74, 6) is 1.15. The highest BCUT2D eigenvalue weighted by Crippen LogP contribution is 2.30. The molecule has 1 unspecified atom stereocenters. The number of benzene rings is 1. The molecule has 0 saturated carbocycles. The molecule has 1 aromatic carbocycles. The Balaban J connectivity index is 0.00000128. The minimum absolute atomic E-state index is 0. The van der Waals surface area contributed by atoms with Gasteiger partial charge in [-0.05, 0) is 55.5 Å². The summed E-state index contributed by atoms with van der Waals surface area (Å²) in [5.41, 5.74) is 1.27. The molecule has 1 atom stereocenters. The van der Waals surface area contributed by atoms with Crippen molar-refractivity contribution in [3.05, 3.63) is 35.6 Å². The lowest BCUT2D eigenvalue weighted by Crippen LogP contribution is -2.30. The van der Waals surface area contributed by atoms with Crippen molar-refractivity contribution in [2.24, 2.45) is 5.92 Å². The van der Waals surface area contributed by atoms with Gasteiger partial charge in [-0.15, -0.1) is 12.4 Å². The van der Waals surface area contributed by atoms with Crippen molar-refractivity contribution in [2.45, 2.75) is 25.7 Å². The zero-order valence-electron chi connectivity index (χ0n) is 9.58. The Morgan fingerprint density at radius 2 is 1.75 bits per heavy atom. The zero-order chi connectivity index (χ0) is 10.7. The summed E-state index contributed by atoms with van der Waals surface area (Å²) in [6.45, 7) is 4.50. The van der Waals surface area contributed by atoms with Gasteiger partial charge < -0.3 is 5.32 Å². The lowest BCUT2D eigenvalue weighted by atomic mass is 9.82. The molecule has 0 spiro atoms. The molecule has 1 N–H and O–H groups in total. The van der Waals surface area contributed by atoms with Crippen LogP contribution in [0.1, 0.15) is 31.2 Å². The van der Waals surface area contributed by atoms with Gasteiger partial charge in [-0.1, -0.05) is 19.1 Å². The predicted molar refractivity (Wildman–Crippen MR) is 67.7 cm³/mol. The Hall–Kier alpha value is -0.600. The molecule has 0 aromatic heterocycles. The van der Waals surface area contributed by atoms with Crippen LogP contribution in [-0.2, 0) is 0 Å². The van der Waals surface area contributed by atoms with Crippen LogP contribution in [0.15, 0.2) is 24.3 Å². The van der Waals surface area contributed by atoms with E-state index in [4.69, 9.17) is 0 Å². The predicted octanol–water partition coefficient (Wildman–Crippen LogP) is 3.35. The van der Waals surface area contributed by atoms with Crippen LogP contribution in [-0.4, -0.2) is 13.1 Å². The first-order valence-corrected chi connectivity index (χ1v) is 5.73. The molecule has 1 aliphatic heterocycles. The molecule has 1 heterocycles. The first-order chi connectivity index (χ1) is 7.27. The summed E-state index contributed by atoms with van der Waals surface area (Å²) in [7, 11) is 0. The quantitative estimate of drug-likeness (QED) is 0.840. The summed E-state index contributed by atoms with van der Waals surface area (Å²) in [6, 6.07) is 6.96. The third-order valence-corrected chi connectivity index (χ3v) is 3.49. The first-order valence-electron chi connectivity index (χ1n) is 5.73. The summed E-state index contributed by atoms with van der Waals surface area (Å²) in [4.78, 5) is 0. The van der Waals surface area contributed by atoms with E-state index in [1.807, 2.05) is 12.1 Å². The van der Waals surface area contributed by atoms with Crippen LogP contribution in [0.4, 0.5) is 4.39 Å². The van der Waals surface area contributed by atoms with Crippen LogP contribution in [0.25, 0.3) is 0 Å². The van der Waals surface area contributed by atoms with Gasteiger partial charge in [-0.3, -0.25) is 0 Å². The fourth-order valence-electron chi connectivity index (χ4n) is 2.38. The fourth-order valence-corrected chi connectivity index (χ4v) is 2.38. The maximum Gasteiger partial charge on any atom is 0.123 e. The zero-order valence-corrected chi connectivity index (χ0v) is 10.4. The Labute approximate surface area is 103 Å². The van der Waals surface area contributed by atoms with E-state index in [1.54, 1.807) is 12.1 Å². The third-order valence-electron chi connectivity index (χ3n) is 3.49. The molecule has 0 bridgehead atoms. The van der Waals surface area contributed by atoms with Crippen LogP contribution >= 0.6 is 12.4 Å². The van der Waals surface area contributed by atoms with Gasteiger partial charge in [-0.2, -0.15) is 0 Å². The molecule has 0 aliphatic carbocycles. The molecule has 1 nitrogen and oxygen atoms in total. The average molecular weight is 244 g/mol. The van der Waals surface area contributed by atoms with E-state index in [9.17, 15) is 4.39 Å². The van der Waals surface area contributed by atoms with Gasteiger partial charge in [0, 0.05) is 0 Å². The molecule has 1 saturated heterocycles. The van der Waals surface area contributed by atoms with Crippen LogP contribution in [0.2, 0.25) is 0 Å². The van der Waals surface area contributed by atoms with Crippen LogP contribution in [0.3, 0.4) is 0 Å². The highest BCUT2D eigenvalue weighted by Gasteiger charge is 2.20. The minimum atomic E-state index is -0.142. The maximum atomic E-state index is 12.8. The Bertz CT molecular complexity index is 306. The molecule has 1 fully saturated rings. The van der Waals surface area contributed by atoms with Gasteiger partial charge in [0.25, 0.3) is 0 Å². The van der Waals surface area contributed by atoms with Crippen molar-refractivity contribution in [3.63, 3.8) is 0 Å². The molecular formula is C13H19ClFN. The maximum absolute atomic E-state index is 12.8. The van der Waals surface area contributed by atoms with E-state index in [-0.39, 0.29) is 18.2 Å².